The fourth-order valence-electron chi connectivity index (χ4n) is 1.18. The maximum Gasteiger partial charge on any atom is 0.318 e. The number of carbonyl (C=O) groups excluding carboxylic acids is 1. The Hall–Kier alpha value is -0.770. The SMILES string of the molecule is CCC(N)N1CCCNC1=O. The van der Waals surface area contributed by atoms with Crippen LogP contribution in [-0.4, -0.2) is 30.2 Å². The number of nitrogens with one attached hydrogen (secondary N) is 1. The molecule has 1 unspecified atom stereocenters. The van der Waals surface area contributed by atoms with Gasteiger partial charge >= 0.3 is 6.03 Å². The number of carbonyl (C=O) groups is 1. The van der Waals surface area contributed by atoms with Gasteiger partial charge in [0.25, 0.3) is 0 Å². The van der Waals surface area contributed by atoms with Crippen LogP contribution < -0.4 is 11.1 Å². The zero-order valence-electron chi connectivity index (χ0n) is 6.84. The summed E-state index contributed by atoms with van der Waals surface area (Å²) in [6.45, 7) is 3.55. The molecule has 0 aromatic carbocycles. The summed E-state index contributed by atoms with van der Waals surface area (Å²) in [5.41, 5.74) is 5.70. The minimum Gasteiger partial charge on any atom is -0.338 e. The lowest BCUT2D eigenvalue weighted by atomic mass is 10.2. The highest BCUT2D eigenvalue weighted by Gasteiger charge is 2.21. The van der Waals surface area contributed by atoms with E-state index in [4.69, 9.17) is 5.73 Å². The van der Waals surface area contributed by atoms with E-state index in [1.54, 1.807) is 4.90 Å². The molecule has 1 saturated heterocycles. The molecule has 0 aromatic rings. The van der Waals surface area contributed by atoms with Crippen molar-refractivity contribution >= 4 is 6.03 Å². The molecule has 1 rings (SSSR count). The Morgan fingerprint density at radius 2 is 2.55 bits per heavy atom. The van der Waals surface area contributed by atoms with Gasteiger partial charge in [-0.2, -0.15) is 0 Å². The van der Waals surface area contributed by atoms with Gasteiger partial charge in [0.15, 0.2) is 0 Å². The van der Waals surface area contributed by atoms with Crippen molar-refractivity contribution in [2.75, 3.05) is 13.1 Å². The van der Waals surface area contributed by atoms with Gasteiger partial charge in [-0.05, 0) is 12.8 Å². The Balaban J connectivity index is 2.47. The molecule has 0 bridgehead atoms. The Bertz CT molecular complexity index is 149. The summed E-state index contributed by atoms with van der Waals surface area (Å²) in [6, 6.07) is -0.0226. The van der Waals surface area contributed by atoms with E-state index >= 15 is 0 Å². The topological polar surface area (TPSA) is 58.4 Å². The van der Waals surface area contributed by atoms with Crippen LogP contribution in [0.2, 0.25) is 0 Å². The second kappa shape index (κ2) is 3.57. The second-order valence-corrected chi connectivity index (χ2v) is 2.75. The van der Waals surface area contributed by atoms with Crippen molar-refractivity contribution in [1.29, 1.82) is 0 Å². The summed E-state index contributed by atoms with van der Waals surface area (Å²) in [5.74, 6) is 0. The molecule has 11 heavy (non-hydrogen) atoms. The van der Waals surface area contributed by atoms with Crippen LogP contribution in [0, 0.1) is 0 Å². The van der Waals surface area contributed by atoms with Crippen molar-refractivity contribution in [2.45, 2.75) is 25.9 Å². The molecule has 0 spiro atoms. The third-order valence-corrected chi connectivity index (χ3v) is 1.93. The maximum atomic E-state index is 11.1. The molecule has 3 N–H and O–H groups in total. The first kappa shape index (κ1) is 8.33. The van der Waals surface area contributed by atoms with Crippen molar-refractivity contribution in [2.24, 2.45) is 5.73 Å². The van der Waals surface area contributed by atoms with Crippen LogP contribution >= 0.6 is 0 Å². The monoisotopic (exact) mass is 157 g/mol. The fourth-order valence-corrected chi connectivity index (χ4v) is 1.18. The van der Waals surface area contributed by atoms with Crippen LogP contribution in [0.1, 0.15) is 19.8 Å². The van der Waals surface area contributed by atoms with E-state index in [1.807, 2.05) is 6.92 Å². The number of hydrogen-bond donors (Lipinski definition) is 2. The van der Waals surface area contributed by atoms with Gasteiger partial charge in [-0.3, -0.25) is 0 Å². The third-order valence-electron chi connectivity index (χ3n) is 1.93. The lowest BCUT2D eigenvalue weighted by Crippen LogP contribution is -2.54. The second-order valence-electron chi connectivity index (χ2n) is 2.75. The maximum absolute atomic E-state index is 11.1. The molecule has 1 atom stereocenters. The normalized spacial score (nSPS) is 21.3. The minimum atomic E-state index is -0.115. The number of rotatable bonds is 2. The van der Waals surface area contributed by atoms with E-state index in [9.17, 15) is 4.79 Å². The molecule has 4 heteroatoms. The van der Waals surface area contributed by atoms with Crippen LogP contribution in [0.25, 0.3) is 0 Å². The highest BCUT2D eigenvalue weighted by atomic mass is 16.2. The van der Waals surface area contributed by atoms with Crippen molar-refractivity contribution in [1.82, 2.24) is 10.2 Å². The summed E-state index contributed by atoms with van der Waals surface area (Å²) in [7, 11) is 0. The van der Waals surface area contributed by atoms with Gasteiger partial charge in [-0.15, -0.1) is 0 Å². The number of urea groups is 1. The molecule has 1 fully saturated rings. The summed E-state index contributed by atoms with van der Waals surface area (Å²) in [5, 5.41) is 2.75. The lowest BCUT2D eigenvalue weighted by Gasteiger charge is -2.31. The predicted octanol–water partition coefficient (Wildman–Crippen LogP) is 0.0965. The highest BCUT2D eigenvalue weighted by molar-refractivity contribution is 5.75. The summed E-state index contributed by atoms with van der Waals surface area (Å²) < 4.78 is 0. The zero-order valence-corrected chi connectivity index (χ0v) is 6.84. The zero-order chi connectivity index (χ0) is 8.27. The number of nitrogens with two attached hydrogens (primary N) is 1. The van der Waals surface area contributed by atoms with Gasteiger partial charge in [-0.1, -0.05) is 6.92 Å². The molecule has 2 amide bonds. The van der Waals surface area contributed by atoms with Crippen molar-refractivity contribution in [3.63, 3.8) is 0 Å². The van der Waals surface area contributed by atoms with Crippen LogP contribution in [0.4, 0.5) is 4.79 Å². The molecule has 1 heterocycles. The van der Waals surface area contributed by atoms with Crippen LogP contribution in [0.3, 0.4) is 0 Å². The number of hydrogen-bond acceptors (Lipinski definition) is 2. The Morgan fingerprint density at radius 3 is 3.09 bits per heavy atom. The molecule has 0 aromatic heterocycles. The van der Waals surface area contributed by atoms with Gasteiger partial charge in [0, 0.05) is 13.1 Å². The van der Waals surface area contributed by atoms with E-state index in [1.165, 1.54) is 0 Å². The largest absolute Gasteiger partial charge is 0.338 e. The number of amides is 2. The third kappa shape index (κ3) is 1.83. The van der Waals surface area contributed by atoms with Crippen LogP contribution in [-0.2, 0) is 0 Å². The van der Waals surface area contributed by atoms with E-state index in [-0.39, 0.29) is 12.2 Å². The Labute approximate surface area is 66.7 Å². The predicted molar refractivity (Wildman–Crippen MR) is 43.0 cm³/mol. The summed E-state index contributed by atoms with van der Waals surface area (Å²) in [6.07, 6.45) is 1.70. The molecule has 4 nitrogen and oxygen atoms in total. The van der Waals surface area contributed by atoms with Crippen LogP contribution in [0.15, 0.2) is 0 Å². The molecular formula is C7H15N3O. The molecule has 0 saturated carbocycles. The van der Waals surface area contributed by atoms with E-state index < -0.39 is 0 Å². The summed E-state index contributed by atoms with van der Waals surface area (Å²) in [4.78, 5) is 12.8. The highest BCUT2D eigenvalue weighted by Crippen LogP contribution is 2.03. The van der Waals surface area contributed by atoms with Crippen molar-refractivity contribution < 1.29 is 4.79 Å². The lowest BCUT2D eigenvalue weighted by molar-refractivity contribution is 0.160. The molecule has 0 aliphatic carbocycles. The molecule has 1 aliphatic heterocycles. The van der Waals surface area contributed by atoms with Crippen molar-refractivity contribution in [3.05, 3.63) is 0 Å². The average Bonchev–Trinajstić information content (AvgIpc) is 2.04. The molecule has 64 valence electrons. The van der Waals surface area contributed by atoms with E-state index in [0.717, 1.165) is 25.9 Å². The van der Waals surface area contributed by atoms with Gasteiger partial charge in [0.2, 0.25) is 0 Å². The number of nitrogens with zero attached hydrogens (tertiary/aromatic N) is 1. The van der Waals surface area contributed by atoms with E-state index in [0.29, 0.717) is 0 Å². The molecule has 1 aliphatic rings. The standard InChI is InChI=1S/C7H15N3O/c1-2-6(8)10-5-3-4-9-7(10)11/h6H,2-5,8H2,1H3,(H,9,11). The van der Waals surface area contributed by atoms with E-state index in [2.05, 4.69) is 5.32 Å². The smallest absolute Gasteiger partial charge is 0.318 e. The van der Waals surface area contributed by atoms with Gasteiger partial charge in [-0.25, -0.2) is 4.79 Å². The Kier molecular flexibility index (Phi) is 2.70. The minimum absolute atomic E-state index is 0.0226. The van der Waals surface area contributed by atoms with Crippen LogP contribution in [0.5, 0.6) is 0 Å². The quantitative estimate of drug-likeness (QED) is 0.597. The summed E-state index contributed by atoms with van der Waals surface area (Å²) >= 11 is 0. The van der Waals surface area contributed by atoms with Crippen molar-refractivity contribution in [3.8, 4) is 0 Å². The first-order valence-corrected chi connectivity index (χ1v) is 4.05. The average molecular weight is 157 g/mol. The Morgan fingerprint density at radius 1 is 1.82 bits per heavy atom. The first-order valence-electron chi connectivity index (χ1n) is 4.05. The first-order chi connectivity index (χ1) is 5.25. The van der Waals surface area contributed by atoms with Gasteiger partial charge in [0.1, 0.15) is 0 Å². The van der Waals surface area contributed by atoms with Gasteiger partial charge < -0.3 is 16.0 Å². The molecule has 0 radical (unpaired) electrons. The van der Waals surface area contributed by atoms with Gasteiger partial charge in [0.05, 0.1) is 6.17 Å². The fraction of sp³-hybridized carbons (Fsp3) is 0.857. The molecular weight excluding hydrogens is 142 g/mol.